The van der Waals surface area contributed by atoms with Crippen molar-refractivity contribution in [1.29, 1.82) is 0 Å². The number of piperazine rings is 1. The molecule has 1 aliphatic heterocycles. The van der Waals surface area contributed by atoms with E-state index < -0.39 is 29.9 Å². The van der Waals surface area contributed by atoms with Gasteiger partial charge >= 0.3 is 12.2 Å². The van der Waals surface area contributed by atoms with Crippen molar-refractivity contribution >= 4 is 23.3 Å². The Hall–Kier alpha value is -4.69. The van der Waals surface area contributed by atoms with Crippen LogP contribution >= 0.6 is 0 Å². The molecule has 0 radical (unpaired) electrons. The summed E-state index contributed by atoms with van der Waals surface area (Å²) in [6.07, 6.45) is -3.64. The molecule has 2 aromatic heterocycles. The number of methoxy groups -OCH3 is 1. The maximum absolute atomic E-state index is 14.4. The number of hydrogen-bond donors (Lipinski definition) is 3. The number of anilines is 1. The predicted molar refractivity (Wildman–Crippen MR) is 156 cm³/mol. The average Bonchev–Trinajstić information content (AvgIpc) is 3.40. The van der Waals surface area contributed by atoms with Gasteiger partial charge in [-0.15, -0.1) is 0 Å². The lowest BCUT2D eigenvalue weighted by Gasteiger charge is -2.43. The molecule has 2 atom stereocenters. The lowest BCUT2D eigenvalue weighted by Crippen LogP contribution is -2.55. The number of benzene rings is 2. The van der Waals surface area contributed by atoms with E-state index in [2.05, 4.69) is 15.4 Å². The first-order chi connectivity index (χ1) is 20.9. The molecule has 2 aromatic carbocycles. The van der Waals surface area contributed by atoms with E-state index in [4.69, 9.17) is 10.5 Å². The molecule has 0 spiro atoms. The summed E-state index contributed by atoms with van der Waals surface area (Å²) in [4.78, 5) is 33.5. The number of nitrogens with two attached hydrogens (primary N) is 1. The number of urea groups is 1. The molecular weight excluding hydrogens is 579 g/mol. The number of rotatable bonds is 7. The summed E-state index contributed by atoms with van der Waals surface area (Å²) in [7, 11) is 1.49. The van der Waals surface area contributed by atoms with Crippen LogP contribution in [0, 0.1) is 6.92 Å². The Morgan fingerprint density at radius 2 is 1.86 bits per heavy atom. The maximum Gasteiger partial charge on any atom is 0.433 e. The van der Waals surface area contributed by atoms with Crippen LogP contribution in [0.5, 0.6) is 5.75 Å². The number of carbonyl (C=O) groups excluding carboxylic acids is 2. The first kappa shape index (κ1) is 30.8. The fourth-order valence-corrected chi connectivity index (χ4v) is 5.76. The van der Waals surface area contributed by atoms with Gasteiger partial charge in [-0.1, -0.05) is 18.2 Å². The van der Waals surface area contributed by atoms with Crippen LogP contribution in [-0.2, 0) is 6.18 Å². The summed E-state index contributed by atoms with van der Waals surface area (Å²) in [6, 6.07) is 11.8. The van der Waals surface area contributed by atoms with Gasteiger partial charge in [-0.3, -0.25) is 9.69 Å². The number of para-hydroxylation sites is 1. The van der Waals surface area contributed by atoms with Gasteiger partial charge in [0.1, 0.15) is 11.3 Å². The fourth-order valence-electron chi connectivity index (χ4n) is 5.76. The lowest BCUT2D eigenvalue weighted by molar-refractivity contribution is -0.143. The number of nitrogens with zero attached hydrogens (tertiary/aromatic N) is 5. The number of hydrogen-bond acceptors (Lipinski definition) is 7. The Kier molecular flexibility index (Phi) is 8.48. The highest BCUT2D eigenvalue weighted by Crippen LogP contribution is 2.37. The molecule has 232 valence electrons. The number of carbonyl (C=O) groups is 2. The molecule has 44 heavy (non-hydrogen) atoms. The van der Waals surface area contributed by atoms with E-state index in [0.717, 1.165) is 6.20 Å². The molecule has 0 bridgehead atoms. The molecule has 3 heterocycles. The third-order valence-electron chi connectivity index (χ3n) is 7.86. The number of aliphatic hydroxyl groups is 1. The standard InChI is InChI=1S/C30H32F3N7O4/c1-17-15-38(24(16-41)21-6-4-5-7-23(21)36-29(34)43)12-13-39(17)28(42)22-14-35-40-26(30(31,32)33)18(2)25(37-27(22)40)19-8-10-20(44-3)11-9-19/h4-11,14,17,24,41H,12-13,15-16H2,1-3H3,(H3,34,36,43)/t17-,24?/m1/s1. The number of ether oxygens (including phenoxy) is 1. The van der Waals surface area contributed by atoms with Crippen LogP contribution in [0.2, 0.25) is 0 Å². The second-order valence-electron chi connectivity index (χ2n) is 10.6. The molecule has 3 amide bonds. The highest BCUT2D eigenvalue weighted by atomic mass is 19.4. The topological polar surface area (TPSA) is 138 Å². The van der Waals surface area contributed by atoms with Gasteiger partial charge in [0.2, 0.25) is 0 Å². The Labute approximate surface area is 251 Å². The van der Waals surface area contributed by atoms with Crippen molar-refractivity contribution in [3.05, 3.63) is 77.1 Å². The molecule has 5 rings (SSSR count). The first-order valence-electron chi connectivity index (χ1n) is 13.9. The van der Waals surface area contributed by atoms with Crippen LogP contribution in [0.25, 0.3) is 16.9 Å². The number of nitrogens with one attached hydrogen (secondary N) is 1. The second-order valence-corrected chi connectivity index (χ2v) is 10.6. The van der Waals surface area contributed by atoms with Crippen LogP contribution in [-0.4, -0.2) is 80.8 Å². The minimum Gasteiger partial charge on any atom is -0.497 e. The Morgan fingerprint density at radius 1 is 1.16 bits per heavy atom. The highest BCUT2D eigenvalue weighted by Gasteiger charge is 2.40. The SMILES string of the molecule is COc1ccc(-c2nc3c(C(=O)N4CCN(C(CO)c5ccccc5NC(N)=O)C[C@H]4C)cnn3c(C(F)(F)F)c2C)cc1. The average molecular weight is 612 g/mol. The second kappa shape index (κ2) is 12.1. The molecule has 0 aliphatic carbocycles. The van der Waals surface area contributed by atoms with Crippen LogP contribution < -0.4 is 15.8 Å². The number of halogens is 3. The summed E-state index contributed by atoms with van der Waals surface area (Å²) < 4.78 is 48.9. The van der Waals surface area contributed by atoms with E-state index in [9.17, 15) is 27.9 Å². The van der Waals surface area contributed by atoms with E-state index in [1.54, 1.807) is 53.4 Å². The zero-order chi connectivity index (χ0) is 31.8. The van der Waals surface area contributed by atoms with E-state index >= 15 is 0 Å². The third kappa shape index (κ3) is 5.77. The Morgan fingerprint density at radius 3 is 2.48 bits per heavy atom. The van der Waals surface area contributed by atoms with Gasteiger partial charge in [0.05, 0.1) is 31.6 Å². The van der Waals surface area contributed by atoms with Crippen molar-refractivity contribution in [2.45, 2.75) is 32.1 Å². The molecule has 14 heteroatoms. The van der Waals surface area contributed by atoms with E-state index in [0.29, 0.717) is 40.2 Å². The van der Waals surface area contributed by atoms with Gasteiger partial charge in [-0.25, -0.2) is 14.3 Å². The number of aromatic nitrogens is 3. The maximum atomic E-state index is 14.4. The fraction of sp³-hybridized carbons (Fsp3) is 0.333. The minimum absolute atomic E-state index is 0.0553. The third-order valence-corrected chi connectivity index (χ3v) is 7.86. The van der Waals surface area contributed by atoms with Gasteiger partial charge in [-0.05, 0) is 49.7 Å². The predicted octanol–water partition coefficient (Wildman–Crippen LogP) is 4.10. The van der Waals surface area contributed by atoms with Gasteiger partial charge in [0.25, 0.3) is 5.91 Å². The largest absolute Gasteiger partial charge is 0.497 e. The van der Waals surface area contributed by atoms with Gasteiger partial charge in [-0.2, -0.15) is 18.3 Å². The van der Waals surface area contributed by atoms with Gasteiger partial charge in [0, 0.05) is 42.5 Å². The van der Waals surface area contributed by atoms with Crippen molar-refractivity contribution in [3.63, 3.8) is 0 Å². The van der Waals surface area contributed by atoms with E-state index in [1.165, 1.54) is 14.0 Å². The summed E-state index contributed by atoms with van der Waals surface area (Å²) in [5, 5.41) is 16.8. The van der Waals surface area contributed by atoms with E-state index in [-0.39, 0.29) is 41.7 Å². The van der Waals surface area contributed by atoms with Crippen LogP contribution in [0.1, 0.15) is 40.1 Å². The van der Waals surface area contributed by atoms with Crippen molar-refractivity contribution in [1.82, 2.24) is 24.4 Å². The number of alkyl halides is 3. The number of aliphatic hydroxyl groups excluding tert-OH is 1. The van der Waals surface area contributed by atoms with Crippen LogP contribution in [0.4, 0.5) is 23.7 Å². The van der Waals surface area contributed by atoms with Crippen molar-refractivity contribution < 1.29 is 32.6 Å². The molecular formula is C30H32F3N7O4. The Bertz CT molecular complexity index is 1690. The number of fused-ring (bicyclic) bond motifs is 1. The zero-order valence-electron chi connectivity index (χ0n) is 24.3. The van der Waals surface area contributed by atoms with Gasteiger partial charge in [0.15, 0.2) is 11.3 Å². The summed E-state index contributed by atoms with van der Waals surface area (Å²) in [5.74, 6) is 0.0292. The molecule has 4 N–H and O–H groups in total. The molecule has 1 fully saturated rings. The molecule has 1 saturated heterocycles. The summed E-state index contributed by atoms with van der Waals surface area (Å²) >= 11 is 0. The minimum atomic E-state index is -4.77. The van der Waals surface area contributed by atoms with E-state index in [1.807, 2.05) is 11.8 Å². The van der Waals surface area contributed by atoms with Crippen LogP contribution in [0.15, 0.2) is 54.7 Å². The van der Waals surface area contributed by atoms with Crippen molar-refractivity contribution in [2.24, 2.45) is 5.73 Å². The number of primary amides is 1. The molecule has 1 unspecified atom stereocenters. The van der Waals surface area contributed by atoms with Crippen molar-refractivity contribution in [2.75, 3.05) is 38.7 Å². The normalized spacial score (nSPS) is 16.6. The number of amides is 3. The van der Waals surface area contributed by atoms with Crippen LogP contribution in [0.3, 0.4) is 0 Å². The first-order valence-corrected chi connectivity index (χ1v) is 13.9. The monoisotopic (exact) mass is 611 g/mol. The Balaban J connectivity index is 1.47. The smallest absolute Gasteiger partial charge is 0.433 e. The molecule has 1 aliphatic rings. The zero-order valence-corrected chi connectivity index (χ0v) is 24.3. The highest BCUT2D eigenvalue weighted by molar-refractivity contribution is 6.00. The summed E-state index contributed by atoms with van der Waals surface area (Å²) in [5.41, 5.74) is 5.56. The quantitative estimate of drug-likeness (QED) is 0.286. The molecule has 11 nitrogen and oxygen atoms in total. The lowest BCUT2D eigenvalue weighted by atomic mass is 10.0. The molecule has 4 aromatic rings. The van der Waals surface area contributed by atoms with Gasteiger partial charge < -0.3 is 25.8 Å². The van der Waals surface area contributed by atoms with Crippen molar-refractivity contribution in [3.8, 4) is 17.0 Å². The molecule has 0 saturated carbocycles. The summed E-state index contributed by atoms with van der Waals surface area (Å²) in [6.45, 7) is 3.81.